The highest BCUT2D eigenvalue weighted by Crippen LogP contribution is 2.28. The lowest BCUT2D eigenvalue weighted by molar-refractivity contribution is -0.124. The molecule has 2 aromatic carbocycles. The molecule has 1 saturated heterocycles. The third-order valence-corrected chi connectivity index (χ3v) is 7.45. The summed E-state index contributed by atoms with van der Waals surface area (Å²) in [6.07, 6.45) is 6.80. The van der Waals surface area contributed by atoms with Crippen molar-refractivity contribution in [3.63, 3.8) is 0 Å². The predicted molar refractivity (Wildman–Crippen MR) is 137 cm³/mol. The number of halogens is 1. The molecule has 1 heterocycles. The lowest BCUT2D eigenvalue weighted by Gasteiger charge is -2.30. The van der Waals surface area contributed by atoms with Crippen molar-refractivity contribution >= 4 is 23.4 Å². The highest BCUT2D eigenvalue weighted by molar-refractivity contribution is 6.30. The summed E-state index contributed by atoms with van der Waals surface area (Å²) in [6.45, 7) is 1.93. The Kier molecular flexibility index (Phi) is 8.43. The third-order valence-electron chi connectivity index (χ3n) is 7.20. The number of likely N-dealkylation sites (tertiary alicyclic amines) is 1. The fraction of sp³-hybridized carbons (Fsp3) is 0.464. The molecule has 2 N–H and O–H groups in total. The van der Waals surface area contributed by atoms with Crippen LogP contribution in [0.5, 0.6) is 0 Å². The van der Waals surface area contributed by atoms with E-state index >= 15 is 0 Å². The molecule has 2 fully saturated rings. The standard InChI is InChI=1S/C28H33ClN4O2/c29-24-13-11-23(12-14-24)26(34)31-25(17-21-7-3-1-4-8-21)27(35)32-28(19-30)15-16-33(20-28)18-22-9-5-2-6-10-22/h2,5-6,9-14,21,25H,1,3-4,7-8,15-18,20H2,(H,31,34)(H,32,35). The van der Waals surface area contributed by atoms with E-state index in [1.165, 1.54) is 12.0 Å². The second-order valence-corrected chi connectivity index (χ2v) is 10.3. The molecule has 1 saturated carbocycles. The third kappa shape index (κ3) is 6.84. The van der Waals surface area contributed by atoms with Crippen molar-refractivity contribution in [3.8, 4) is 6.07 Å². The lowest BCUT2D eigenvalue weighted by atomic mass is 9.84. The topological polar surface area (TPSA) is 85.2 Å². The number of hydrogen-bond acceptors (Lipinski definition) is 4. The summed E-state index contributed by atoms with van der Waals surface area (Å²) in [5, 5.41) is 16.6. The molecule has 2 unspecified atom stereocenters. The molecule has 0 aromatic heterocycles. The number of nitrogens with one attached hydrogen (secondary N) is 2. The van der Waals surface area contributed by atoms with Crippen LogP contribution >= 0.6 is 11.6 Å². The van der Waals surface area contributed by atoms with Gasteiger partial charge in [-0.25, -0.2) is 0 Å². The molecule has 2 aromatic rings. The number of nitriles is 1. The first kappa shape index (κ1) is 25.2. The summed E-state index contributed by atoms with van der Waals surface area (Å²) in [5.74, 6) is -0.192. The molecule has 2 aliphatic rings. The van der Waals surface area contributed by atoms with Gasteiger partial charge < -0.3 is 10.6 Å². The smallest absolute Gasteiger partial charge is 0.251 e. The summed E-state index contributed by atoms with van der Waals surface area (Å²) in [4.78, 5) is 28.6. The molecule has 1 aliphatic heterocycles. The zero-order valence-corrected chi connectivity index (χ0v) is 20.8. The van der Waals surface area contributed by atoms with E-state index in [1.54, 1.807) is 24.3 Å². The van der Waals surface area contributed by atoms with Crippen LogP contribution in [-0.4, -0.2) is 41.4 Å². The van der Waals surface area contributed by atoms with E-state index < -0.39 is 11.6 Å². The summed E-state index contributed by atoms with van der Waals surface area (Å²) in [7, 11) is 0. The average molecular weight is 493 g/mol. The number of hydrogen-bond donors (Lipinski definition) is 2. The molecular formula is C28H33ClN4O2. The molecule has 1 aliphatic carbocycles. The molecular weight excluding hydrogens is 460 g/mol. The maximum atomic E-state index is 13.5. The van der Waals surface area contributed by atoms with Crippen LogP contribution in [0.1, 0.15) is 60.9 Å². The van der Waals surface area contributed by atoms with Gasteiger partial charge in [0.05, 0.1) is 6.07 Å². The quantitative estimate of drug-likeness (QED) is 0.559. The van der Waals surface area contributed by atoms with Crippen LogP contribution in [0.4, 0.5) is 0 Å². The summed E-state index contributed by atoms with van der Waals surface area (Å²) in [6, 6.07) is 18.5. The molecule has 0 radical (unpaired) electrons. The van der Waals surface area contributed by atoms with Crippen LogP contribution in [-0.2, 0) is 11.3 Å². The average Bonchev–Trinajstić information content (AvgIpc) is 3.27. The van der Waals surface area contributed by atoms with Gasteiger partial charge in [-0.3, -0.25) is 14.5 Å². The predicted octanol–water partition coefficient (Wildman–Crippen LogP) is 4.69. The maximum absolute atomic E-state index is 13.5. The minimum Gasteiger partial charge on any atom is -0.340 e. The molecule has 2 amide bonds. The highest BCUT2D eigenvalue weighted by atomic mass is 35.5. The second kappa shape index (κ2) is 11.7. The monoisotopic (exact) mass is 492 g/mol. The van der Waals surface area contributed by atoms with Gasteiger partial charge in [0.2, 0.25) is 5.91 Å². The Bertz CT molecular complexity index is 1050. The Morgan fingerprint density at radius 1 is 1.09 bits per heavy atom. The number of carbonyl (C=O) groups is 2. The van der Waals surface area contributed by atoms with Gasteiger partial charge in [0, 0.05) is 30.2 Å². The van der Waals surface area contributed by atoms with Gasteiger partial charge in [-0.1, -0.05) is 74.0 Å². The van der Waals surface area contributed by atoms with E-state index in [2.05, 4.69) is 33.7 Å². The summed E-state index contributed by atoms with van der Waals surface area (Å²) in [5.41, 5.74) is 0.681. The van der Waals surface area contributed by atoms with Crippen molar-refractivity contribution in [1.82, 2.24) is 15.5 Å². The maximum Gasteiger partial charge on any atom is 0.251 e. The molecule has 6 nitrogen and oxygen atoms in total. The number of nitrogens with zero attached hydrogens (tertiary/aromatic N) is 2. The number of benzene rings is 2. The minimum absolute atomic E-state index is 0.277. The second-order valence-electron chi connectivity index (χ2n) is 9.90. The Morgan fingerprint density at radius 2 is 1.80 bits per heavy atom. The molecule has 0 bridgehead atoms. The van der Waals surface area contributed by atoms with Crippen LogP contribution in [0.25, 0.3) is 0 Å². The SMILES string of the molecule is N#CC1(NC(=O)C(CC2CCCCC2)NC(=O)c2ccc(Cl)cc2)CCN(Cc2ccccc2)C1. The Hall–Kier alpha value is -2.88. The van der Waals surface area contributed by atoms with Gasteiger partial charge in [-0.2, -0.15) is 5.26 Å². The van der Waals surface area contributed by atoms with Crippen molar-refractivity contribution in [2.24, 2.45) is 5.92 Å². The molecule has 35 heavy (non-hydrogen) atoms. The Labute approximate surface area is 212 Å². The lowest BCUT2D eigenvalue weighted by Crippen LogP contribution is -2.56. The summed E-state index contributed by atoms with van der Waals surface area (Å²) >= 11 is 5.96. The van der Waals surface area contributed by atoms with Crippen molar-refractivity contribution in [1.29, 1.82) is 5.26 Å². The highest BCUT2D eigenvalue weighted by Gasteiger charge is 2.41. The number of carbonyl (C=O) groups excluding carboxylic acids is 2. The van der Waals surface area contributed by atoms with E-state index in [0.717, 1.165) is 38.8 Å². The molecule has 4 rings (SSSR count). The van der Waals surface area contributed by atoms with Crippen LogP contribution in [0, 0.1) is 17.2 Å². The van der Waals surface area contributed by atoms with E-state index in [-0.39, 0.29) is 11.8 Å². The van der Waals surface area contributed by atoms with E-state index in [0.29, 0.717) is 35.9 Å². The van der Waals surface area contributed by atoms with Crippen LogP contribution in [0.15, 0.2) is 54.6 Å². The first-order valence-corrected chi connectivity index (χ1v) is 12.9. The van der Waals surface area contributed by atoms with Gasteiger partial charge in [-0.15, -0.1) is 0 Å². The van der Waals surface area contributed by atoms with Crippen molar-refractivity contribution < 1.29 is 9.59 Å². The molecule has 184 valence electrons. The van der Waals surface area contributed by atoms with Crippen molar-refractivity contribution in [2.75, 3.05) is 13.1 Å². The summed E-state index contributed by atoms with van der Waals surface area (Å²) < 4.78 is 0. The van der Waals surface area contributed by atoms with Gasteiger partial charge in [-0.05, 0) is 48.6 Å². The van der Waals surface area contributed by atoms with E-state index in [9.17, 15) is 14.9 Å². The Balaban J connectivity index is 1.44. The first-order chi connectivity index (χ1) is 17.0. The first-order valence-electron chi connectivity index (χ1n) is 12.5. The van der Waals surface area contributed by atoms with Gasteiger partial charge in [0.1, 0.15) is 11.6 Å². The van der Waals surface area contributed by atoms with Crippen LogP contribution in [0.3, 0.4) is 0 Å². The molecule has 0 spiro atoms. The van der Waals surface area contributed by atoms with Crippen LogP contribution in [0.2, 0.25) is 5.02 Å². The largest absolute Gasteiger partial charge is 0.340 e. The zero-order chi connectivity index (χ0) is 24.7. The fourth-order valence-corrected chi connectivity index (χ4v) is 5.37. The van der Waals surface area contributed by atoms with Gasteiger partial charge >= 0.3 is 0 Å². The molecule has 2 atom stereocenters. The van der Waals surface area contributed by atoms with Gasteiger partial charge in [0.25, 0.3) is 5.91 Å². The molecule has 7 heteroatoms. The van der Waals surface area contributed by atoms with E-state index in [4.69, 9.17) is 11.6 Å². The number of rotatable bonds is 8. The minimum atomic E-state index is -0.957. The van der Waals surface area contributed by atoms with Crippen molar-refractivity contribution in [3.05, 3.63) is 70.7 Å². The van der Waals surface area contributed by atoms with Crippen molar-refractivity contribution in [2.45, 2.75) is 63.1 Å². The zero-order valence-electron chi connectivity index (χ0n) is 20.0. The normalized spacial score (nSPS) is 21.7. The Morgan fingerprint density at radius 3 is 2.49 bits per heavy atom. The fourth-order valence-electron chi connectivity index (χ4n) is 5.24. The number of amides is 2. The van der Waals surface area contributed by atoms with E-state index in [1.807, 2.05) is 18.2 Å². The van der Waals surface area contributed by atoms with Gasteiger partial charge in [0.15, 0.2) is 0 Å². The van der Waals surface area contributed by atoms with Crippen LogP contribution < -0.4 is 10.6 Å².